The van der Waals surface area contributed by atoms with Gasteiger partial charge in [-0.25, -0.2) is 8.42 Å². The highest BCUT2D eigenvalue weighted by Crippen LogP contribution is 2.31. The van der Waals surface area contributed by atoms with Gasteiger partial charge >= 0.3 is 0 Å². The third-order valence-corrected chi connectivity index (χ3v) is 9.04. The van der Waals surface area contributed by atoms with E-state index in [9.17, 15) is 13.2 Å². The highest BCUT2D eigenvalue weighted by Gasteiger charge is 2.30. The molecule has 1 aromatic heterocycles. The Kier molecular flexibility index (Phi) is 7.78. The molecule has 0 aliphatic carbocycles. The van der Waals surface area contributed by atoms with Crippen LogP contribution in [0.5, 0.6) is 5.75 Å². The lowest BCUT2D eigenvalue weighted by Gasteiger charge is -2.31. The van der Waals surface area contributed by atoms with E-state index in [1.165, 1.54) is 23.5 Å². The normalized spacial score (nSPS) is 18.9. The molecule has 2 aromatic carbocycles. The Bertz CT molecular complexity index is 1380. The van der Waals surface area contributed by atoms with E-state index in [1.807, 2.05) is 31.2 Å². The molecule has 3 aromatic rings. The molecule has 2 saturated heterocycles. The minimum absolute atomic E-state index is 0.154. The Morgan fingerprint density at radius 3 is 2.61 bits per heavy atom. The summed E-state index contributed by atoms with van der Waals surface area (Å²) in [6.07, 6.45) is 3.29. The van der Waals surface area contributed by atoms with E-state index in [-0.39, 0.29) is 16.7 Å². The number of sulfonamides is 1. The third kappa shape index (κ3) is 5.74. The van der Waals surface area contributed by atoms with Crippen molar-refractivity contribution in [1.82, 2.24) is 19.3 Å². The number of hydrogen-bond acceptors (Lipinski definition) is 8. The van der Waals surface area contributed by atoms with Crippen LogP contribution in [0, 0.1) is 12.8 Å². The number of benzene rings is 2. The maximum Gasteiger partial charge on any atom is 0.243 e. The van der Waals surface area contributed by atoms with Crippen molar-refractivity contribution in [2.24, 2.45) is 5.92 Å². The number of rotatable bonds is 8. The lowest BCUT2D eigenvalue weighted by atomic mass is 9.97. The number of nitrogens with one attached hydrogen (secondary N) is 1. The number of carbonyl (C=O) groups excluding carboxylic acids is 1. The molecule has 11 heteroatoms. The molecule has 0 saturated carbocycles. The minimum Gasteiger partial charge on any atom is -0.495 e. The number of aryl methyl sites for hydroxylation is 1. The molecule has 3 heterocycles. The van der Waals surface area contributed by atoms with Gasteiger partial charge in [-0.3, -0.25) is 9.69 Å². The molecule has 1 unspecified atom stereocenters. The Morgan fingerprint density at radius 1 is 1.11 bits per heavy atom. The van der Waals surface area contributed by atoms with Crippen LogP contribution in [-0.4, -0.2) is 67.0 Å². The fraction of sp³-hybridized carbons (Fsp3) is 0.444. The molecule has 0 bridgehead atoms. The van der Waals surface area contributed by atoms with E-state index in [0.717, 1.165) is 43.4 Å². The van der Waals surface area contributed by atoms with Crippen LogP contribution in [0.25, 0.3) is 11.4 Å². The summed E-state index contributed by atoms with van der Waals surface area (Å²) >= 11 is 0. The van der Waals surface area contributed by atoms with Gasteiger partial charge in [-0.1, -0.05) is 35.0 Å². The number of hydrogen-bond donors (Lipinski definition) is 1. The van der Waals surface area contributed by atoms with E-state index in [2.05, 4.69) is 20.4 Å². The van der Waals surface area contributed by atoms with Crippen molar-refractivity contribution in [3.8, 4) is 17.1 Å². The number of aromatic nitrogens is 2. The first kappa shape index (κ1) is 26.3. The van der Waals surface area contributed by atoms with Gasteiger partial charge in [0.2, 0.25) is 27.6 Å². The zero-order valence-corrected chi connectivity index (χ0v) is 22.5. The van der Waals surface area contributed by atoms with Crippen molar-refractivity contribution in [3.05, 3.63) is 53.9 Å². The molecule has 5 rings (SSSR count). The highest BCUT2D eigenvalue weighted by molar-refractivity contribution is 7.89. The molecule has 0 spiro atoms. The SMILES string of the molecule is COc1ccc(S(=O)(=O)N2CCCC2)cc1NC(=O)C1CCCN(Cc2nc(-c3ccc(C)cc3)no2)C1. The molecule has 1 N–H and O–H groups in total. The number of methoxy groups -OCH3 is 1. The fourth-order valence-electron chi connectivity index (χ4n) is 5.00. The first-order valence-corrected chi connectivity index (χ1v) is 14.4. The molecular formula is C27H33N5O5S. The minimum atomic E-state index is -3.62. The van der Waals surface area contributed by atoms with Gasteiger partial charge in [-0.05, 0) is 57.4 Å². The van der Waals surface area contributed by atoms with Crippen LogP contribution in [0.15, 0.2) is 51.9 Å². The fourth-order valence-corrected chi connectivity index (χ4v) is 6.54. The van der Waals surface area contributed by atoms with Gasteiger partial charge in [-0.2, -0.15) is 9.29 Å². The molecule has 0 radical (unpaired) electrons. The van der Waals surface area contributed by atoms with Crippen LogP contribution in [0.1, 0.15) is 37.1 Å². The van der Waals surface area contributed by atoms with Gasteiger partial charge in [0.1, 0.15) is 5.75 Å². The largest absolute Gasteiger partial charge is 0.495 e. The van der Waals surface area contributed by atoms with Crippen molar-refractivity contribution in [2.75, 3.05) is 38.6 Å². The van der Waals surface area contributed by atoms with E-state index in [0.29, 0.717) is 49.3 Å². The van der Waals surface area contributed by atoms with Crippen molar-refractivity contribution in [2.45, 2.75) is 44.0 Å². The Labute approximate surface area is 223 Å². The van der Waals surface area contributed by atoms with Gasteiger partial charge in [-0.15, -0.1) is 0 Å². The van der Waals surface area contributed by atoms with E-state index in [1.54, 1.807) is 6.07 Å². The number of piperidine rings is 1. The molecule has 2 aliphatic rings. The predicted molar refractivity (Wildman–Crippen MR) is 142 cm³/mol. The summed E-state index contributed by atoms with van der Waals surface area (Å²) in [4.78, 5) is 20.1. The lowest BCUT2D eigenvalue weighted by Crippen LogP contribution is -2.40. The van der Waals surface area contributed by atoms with Gasteiger partial charge in [0.05, 0.1) is 30.2 Å². The van der Waals surface area contributed by atoms with E-state index >= 15 is 0 Å². The van der Waals surface area contributed by atoms with Gasteiger partial charge in [0.15, 0.2) is 0 Å². The zero-order chi connectivity index (χ0) is 26.7. The number of anilines is 1. The van der Waals surface area contributed by atoms with Crippen molar-refractivity contribution in [1.29, 1.82) is 0 Å². The Balaban J connectivity index is 1.25. The van der Waals surface area contributed by atoms with E-state index < -0.39 is 10.0 Å². The summed E-state index contributed by atoms with van der Waals surface area (Å²) in [5, 5.41) is 7.03. The van der Waals surface area contributed by atoms with Crippen LogP contribution in [0.3, 0.4) is 0 Å². The third-order valence-electron chi connectivity index (χ3n) is 7.14. The second-order valence-electron chi connectivity index (χ2n) is 9.91. The standard InChI is InChI=1S/C27H33N5O5S/c1-19-7-9-20(10-8-19)26-29-25(37-30-26)18-31-13-5-6-21(17-31)27(33)28-23-16-22(11-12-24(23)36-2)38(34,35)32-14-3-4-15-32/h7-12,16,21H,3-6,13-15,17-18H2,1-2H3,(H,28,33). The second-order valence-corrected chi connectivity index (χ2v) is 11.9. The maximum absolute atomic E-state index is 13.3. The topological polar surface area (TPSA) is 118 Å². The molecule has 2 aliphatic heterocycles. The van der Waals surface area contributed by atoms with Gasteiger partial charge in [0.25, 0.3) is 0 Å². The monoisotopic (exact) mass is 539 g/mol. The zero-order valence-electron chi connectivity index (χ0n) is 21.7. The summed E-state index contributed by atoms with van der Waals surface area (Å²) in [5.74, 6) is 1.02. The van der Waals surface area contributed by atoms with E-state index in [4.69, 9.17) is 9.26 Å². The van der Waals surface area contributed by atoms with Gasteiger partial charge < -0.3 is 14.6 Å². The lowest BCUT2D eigenvalue weighted by molar-refractivity contribution is -0.121. The average Bonchev–Trinajstić information content (AvgIpc) is 3.63. The number of nitrogens with zero attached hydrogens (tertiary/aromatic N) is 4. The Morgan fingerprint density at radius 2 is 1.87 bits per heavy atom. The number of likely N-dealkylation sites (tertiary alicyclic amines) is 1. The summed E-state index contributed by atoms with van der Waals surface area (Å²) in [6, 6.07) is 12.6. The molecule has 38 heavy (non-hydrogen) atoms. The smallest absolute Gasteiger partial charge is 0.243 e. The molecular weight excluding hydrogens is 506 g/mol. The van der Waals surface area contributed by atoms with Crippen molar-refractivity contribution >= 4 is 21.6 Å². The number of ether oxygens (including phenoxy) is 1. The molecule has 1 atom stereocenters. The quantitative estimate of drug-likeness (QED) is 0.461. The molecule has 1 amide bonds. The molecule has 2 fully saturated rings. The number of carbonyl (C=O) groups is 1. The van der Waals surface area contributed by atoms with Crippen LogP contribution in [0.2, 0.25) is 0 Å². The van der Waals surface area contributed by atoms with Crippen LogP contribution >= 0.6 is 0 Å². The summed E-state index contributed by atoms with van der Waals surface area (Å²) in [7, 11) is -2.12. The maximum atomic E-state index is 13.3. The average molecular weight is 540 g/mol. The highest BCUT2D eigenvalue weighted by atomic mass is 32.2. The molecule has 10 nitrogen and oxygen atoms in total. The first-order valence-electron chi connectivity index (χ1n) is 12.9. The summed E-state index contributed by atoms with van der Waals surface area (Å²) in [6.45, 7) is 4.86. The van der Waals surface area contributed by atoms with Crippen molar-refractivity contribution in [3.63, 3.8) is 0 Å². The van der Waals surface area contributed by atoms with Crippen LogP contribution < -0.4 is 10.1 Å². The molecule has 202 valence electrons. The van der Waals surface area contributed by atoms with Crippen molar-refractivity contribution < 1.29 is 22.5 Å². The van der Waals surface area contributed by atoms with Crippen LogP contribution in [0.4, 0.5) is 5.69 Å². The number of amides is 1. The predicted octanol–water partition coefficient (Wildman–Crippen LogP) is 3.69. The van der Waals surface area contributed by atoms with Crippen LogP contribution in [-0.2, 0) is 21.4 Å². The van der Waals surface area contributed by atoms with Gasteiger partial charge in [0, 0.05) is 25.2 Å². The summed E-state index contributed by atoms with van der Waals surface area (Å²) in [5.41, 5.74) is 2.41. The first-order chi connectivity index (χ1) is 18.3. The Hall–Kier alpha value is -3.28. The summed E-state index contributed by atoms with van der Waals surface area (Å²) < 4.78 is 38.5. The second kappa shape index (κ2) is 11.2.